The highest BCUT2D eigenvalue weighted by atomic mass is 32.1. The lowest BCUT2D eigenvalue weighted by molar-refractivity contribution is -0.122. The molecular weight excluding hydrogens is 194 g/mol. The SMILES string of the molecule is CC1CNCC1C(=O)Cc1ccsc1. The van der Waals surface area contributed by atoms with Crippen molar-refractivity contribution < 1.29 is 4.79 Å². The van der Waals surface area contributed by atoms with Crippen molar-refractivity contribution in [1.82, 2.24) is 5.32 Å². The molecule has 0 amide bonds. The third kappa shape index (κ3) is 2.04. The first kappa shape index (κ1) is 9.87. The van der Waals surface area contributed by atoms with Gasteiger partial charge in [-0.25, -0.2) is 0 Å². The Bertz CT molecular complexity index is 307. The summed E-state index contributed by atoms with van der Waals surface area (Å²) in [6, 6.07) is 2.04. The van der Waals surface area contributed by atoms with E-state index in [4.69, 9.17) is 0 Å². The number of ketones is 1. The van der Waals surface area contributed by atoms with Crippen LogP contribution in [0.25, 0.3) is 0 Å². The number of carbonyl (C=O) groups excluding carboxylic acids is 1. The monoisotopic (exact) mass is 209 g/mol. The van der Waals surface area contributed by atoms with E-state index in [1.807, 2.05) is 11.4 Å². The normalized spacial score (nSPS) is 26.6. The number of carbonyl (C=O) groups is 1. The minimum atomic E-state index is 0.231. The van der Waals surface area contributed by atoms with Crippen LogP contribution in [-0.2, 0) is 11.2 Å². The summed E-state index contributed by atoms with van der Waals surface area (Å²) >= 11 is 1.66. The first-order valence-corrected chi connectivity index (χ1v) is 5.96. The Kier molecular flexibility index (Phi) is 2.99. The predicted molar refractivity (Wildman–Crippen MR) is 58.6 cm³/mol. The number of nitrogens with one attached hydrogen (secondary N) is 1. The minimum Gasteiger partial charge on any atom is -0.316 e. The standard InChI is InChI=1S/C11H15NOS/c1-8-5-12-6-10(8)11(13)4-9-2-3-14-7-9/h2-3,7-8,10,12H,4-6H2,1H3. The Balaban J connectivity index is 1.95. The van der Waals surface area contributed by atoms with E-state index in [1.54, 1.807) is 11.3 Å². The molecule has 1 fully saturated rings. The van der Waals surface area contributed by atoms with Gasteiger partial charge in [-0.15, -0.1) is 0 Å². The quantitative estimate of drug-likeness (QED) is 0.821. The molecule has 0 bridgehead atoms. The summed E-state index contributed by atoms with van der Waals surface area (Å²) < 4.78 is 0. The lowest BCUT2D eigenvalue weighted by atomic mass is 9.91. The van der Waals surface area contributed by atoms with E-state index in [0.29, 0.717) is 18.1 Å². The van der Waals surface area contributed by atoms with Gasteiger partial charge >= 0.3 is 0 Å². The van der Waals surface area contributed by atoms with Gasteiger partial charge in [0.15, 0.2) is 0 Å². The maximum Gasteiger partial charge on any atom is 0.141 e. The highest BCUT2D eigenvalue weighted by Crippen LogP contribution is 2.19. The van der Waals surface area contributed by atoms with Crippen molar-refractivity contribution in [3.05, 3.63) is 22.4 Å². The van der Waals surface area contributed by atoms with Crippen molar-refractivity contribution in [3.8, 4) is 0 Å². The van der Waals surface area contributed by atoms with Gasteiger partial charge in [-0.3, -0.25) is 4.79 Å². The Hall–Kier alpha value is -0.670. The molecule has 3 heteroatoms. The first-order valence-electron chi connectivity index (χ1n) is 5.02. The summed E-state index contributed by atoms with van der Waals surface area (Å²) in [5.41, 5.74) is 1.17. The predicted octanol–water partition coefficient (Wildman–Crippen LogP) is 1.72. The molecular formula is C11H15NOS. The maximum absolute atomic E-state index is 11.9. The molecule has 1 aliphatic rings. The van der Waals surface area contributed by atoms with Crippen LogP contribution in [0.3, 0.4) is 0 Å². The maximum atomic E-state index is 11.9. The zero-order valence-corrected chi connectivity index (χ0v) is 9.14. The molecule has 1 aromatic rings. The second-order valence-corrected chi connectivity index (χ2v) is 4.80. The molecule has 2 nitrogen and oxygen atoms in total. The first-order chi connectivity index (χ1) is 6.77. The van der Waals surface area contributed by atoms with Crippen LogP contribution in [0.4, 0.5) is 0 Å². The molecule has 0 aromatic carbocycles. The van der Waals surface area contributed by atoms with E-state index in [0.717, 1.165) is 13.1 Å². The molecule has 76 valence electrons. The van der Waals surface area contributed by atoms with Crippen molar-refractivity contribution in [2.24, 2.45) is 11.8 Å². The summed E-state index contributed by atoms with van der Waals surface area (Å²) in [5, 5.41) is 7.35. The van der Waals surface area contributed by atoms with Crippen LogP contribution >= 0.6 is 11.3 Å². The van der Waals surface area contributed by atoms with Gasteiger partial charge < -0.3 is 5.32 Å². The van der Waals surface area contributed by atoms with Crippen LogP contribution in [0.1, 0.15) is 12.5 Å². The van der Waals surface area contributed by atoms with Gasteiger partial charge in [-0.05, 0) is 34.9 Å². The summed E-state index contributed by atoms with van der Waals surface area (Å²) in [5.74, 6) is 1.12. The van der Waals surface area contributed by atoms with Gasteiger partial charge in [0.1, 0.15) is 5.78 Å². The zero-order valence-electron chi connectivity index (χ0n) is 8.32. The van der Waals surface area contributed by atoms with Gasteiger partial charge in [0.25, 0.3) is 0 Å². The van der Waals surface area contributed by atoms with E-state index in [1.165, 1.54) is 5.56 Å². The molecule has 0 aliphatic carbocycles. The summed E-state index contributed by atoms with van der Waals surface area (Å²) in [6.07, 6.45) is 0.611. The van der Waals surface area contributed by atoms with Crippen LogP contribution in [0.2, 0.25) is 0 Å². The lowest BCUT2D eigenvalue weighted by Gasteiger charge is -2.11. The Morgan fingerprint density at radius 2 is 2.50 bits per heavy atom. The fourth-order valence-corrected chi connectivity index (χ4v) is 2.64. The van der Waals surface area contributed by atoms with Gasteiger partial charge in [0.2, 0.25) is 0 Å². The van der Waals surface area contributed by atoms with Crippen LogP contribution < -0.4 is 5.32 Å². The average Bonchev–Trinajstić information content (AvgIpc) is 2.75. The highest BCUT2D eigenvalue weighted by Gasteiger charge is 2.28. The van der Waals surface area contributed by atoms with E-state index < -0.39 is 0 Å². The van der Waals surface area contributed by atoms with Gasteiger partial charge in [-0.1, -0.05) is 6.92 Å². The number of hydrogen-bond donors (Lipinski definition) is 1. The van der Waals surface area contributed by atoms with Crippen molar-refractivity contribution in [2.45, 2.75) is 13.3 Å². The summed E-state index contributed by atoms with van der Waals surface area (Å²) in [7, 11) is 0. The van der Waals surface area contributed by atoms with E-state index in [-0.39, 0.29) is 5.92 Å². The van der Waals surface area contributed by atoms with Crippen LogP contribution in [0.15, 0.2) is 16.8 Å². The number of Topliss-reactive ketones (excluding diaryl/α,β-unsaturated/α-hetero) is 1. The average molecular weight is 209 g/mol. The van der Waals surface area contributed by atoms with Crippen molar-refractivity contribution in [3.63, 3.8) is 0 Å². The molecule has 0 saturated carbocycles. The van der Waals surface area contributed by atoms with Crippen molar-refractivity contribution >= 4 is 17.1 Å². The fourth-order valence-electron chi connectivity index (χ4n) is 1.97. The number of rotatable bonds is 3. The molecule has 14 heavy (non-hydrogen) atoms. The molecule has 2 atom stereocenters. The molecule has 2 rings (SSSR count). The highest BCUT2D eigenvalue weighted by molar-refractivity contribution is 7.07. The van der Waals surface area contributed by atoms with E-state index in [2.05, 4.69) is 17.6 Å². The van der Waals surface area contributed by atoms with Gasteiger partial charge in [0, 0.05) is 18.9 Å². The largest absolute Gasteiger partial charge is 0.316 e. The van der Waals surface area contributed by atoms with Gasteiger partial charge in [-0.2, -0.15) is 11.3 Å². The Morgan fingerprint density at radius 3 is 3.07 bits per heavy atom. The second kappa shape index (κ2) is 4.24. The van der Waals surface area contributed by atoms with E-state index in [9.17, 15) is 4.79 Å². The lowest BCUT2D eigenvalue weighted by Crippen LogP contribution is -2.22. The molecule has 0 radical (unpaired) electrons. The molecule has 1 aromatic heterocycles. The molecule has 1 aliphatic heterocycles. The Morgan fingerprint density at radius 1 is 1.64 bits per heavy atom. The molecule has 0 spiro atoms. The summed E-state index contributed by atoms with van der Waals surface area (Å²) in [6.45, 7) is 4.00. The van der Waals surface area contributed by atoms with Crippen molar-refractivity contribution in [1.29, 1.82) is 0 Å². The minimum absolute atomic E-state index is 0.231. The third-order valence-electron chi connectivity index (χ3n) is 2.89. The Labute approximate surface area is 88.3 Å². The van der Waals surface area contributed by atoms with Gasteiger partial charge in [0.05, 0.1) is 0 Å². The summed E-state index contributed by atoms with van der Waals surface area (Å²) in [4.78, 5) is 11.9. The second-order valence-electron chi connectivity index (χ2n) is 4.02. The van der Waals surface area contributed by atoms with Crippen LogP contribution in [0, 0.1) is 11.8 Å². The molecule has 1 N–H and O–H groups in total. The van der Waals surface area contributed by atoms with Crippen molar-refractivity contribution in [2.75, 3.05) is 13.1 Å². The fraction of sp³-hybridized carbons (Fsp3) is 0.545. The topological polar surface area (TPSA) is 29.1 Å². The van der Waals surface area contributed by atoms with Crippen LogP contribution in [-0.4, -0.2) is 18.9 Å². The smallest absolute Gasteiger partial charge is 0.141 e. The van der Waals surface area contributed by atoms with Crippen LogP contribution in [0.5, 0.6) is 0 Å². The van der Waals surface area contributed by atoms with E-state index >= 15 is 0 Å². The number of thiophene rings is 1. The number of hydrogen-bond acceptors (Lipinski definition) is 3. The molecule has 1 saturated heterocycles. The zero-order chi connectivity index (χ0) is 9.97. The molecule has 2 heterocycles. The third-order valence-corrected chi connectivity index (χ3v) is 3.62. The molecule has 2 unspecified atom stereocenters.